The van der Waals surface area contributed by atoms with Crippen molar-refractivity contribution in [3.05, 3.63) is 24.3 Å². The first-order valence-corrected chi connectivity index (χ1v) is 5.01. The predicted molar refractivity (Wildman–Crippen MR) is 59.5 cm³/mol. The van der Waals surface area contributed by atoms with Crippen LogP contribution in [0.2, 0.25) is 0 Å². The number of benzene rings is 1. The summed E-state index contributed by atoms with van der Waals surface area (Å²) >= 11 is 0. The maximum atomic E-state index is 11.6. The lowest BCUT2D eigenvalue weighted by atomic mass is 10.2. The smallest absolute Gasteiger partial charge is 0.256 e. The molecule has 1 aliphatic heterocycles. The Morgan fingerprint density at radius 1 is 1.29 bits per heavy atom. The van der Waals surface area contributed by atoms with Gasteiger partial charge in [0.05, 0.1) is 7.11 Å². The number of epoxide rings is 1. The molecule has 1 aromatic carbocycles. The summed E-state index contributed by atoms with van der Waals surface area (Å²) < 4.78 is 9.83. The van der Waals surface area contributed by atoms with Crippen LogP contribution in [0.3, 0.4) is 0 Å². The van der Waals surface area contributed by atoms with E-state index < -0.39 is 18.1 Å². The van der Waals surface area contributed by atoms with Gasteiger partial charge in [-0.1, -0.05) is 0 Å². The van der Waals surface area contributed by atoms with Gasteiger partial charge in [0.15, 0.2) is 12.2 Å². The van der Waals surface area contributed by atoms with Gasteiger partial charge in [0.25, 0.3) is 5.91 Å². The molecule has 1 heterocycles. The van der Waals surface area contributed by atoms with E-state index in [1.54, 1.807) is 31.4 Å². The third-order valence-electron chi connectivity index (χ3n) is 2.39. The molecule has 2 atom stereocenters. The Labute approximate surface area is 97.7 Å². The van der Waals surface area contributed by atoms with Crippen LogP contribution in [0.4, 0.5) is 5.69 Å². The average Bonchev–Trinajstić information content (AvgIpc) is 3.10. The number of nitrogens with two attached hydrogens (primary N) is 1. The maximum absolute atomic E-state index is 11.6. The molecule has 6 nitrogen and oxygen atoms in total. The van der Waals surface area contributed by atoms with Crippen molar-refractivity contribution in [2.24, 2.45) is 5.73 Å². The van der Waals surface area contributed by atoms with E-state index >= 15 is 0 Å². The number of nitrogens with one attached hydrogen (secondary N) is 1. The number of ether oxygens (including phenoxy) is 2. The minimum absolute atomic E-state index is 0.376. The first kappa shape index (κ1) is 11.4. The second-order valence-electron chi connectivity index (χ2n) is 3.60. The topological polar surface area (TPSA) is 93.9 Å². The Balaban J connectivity index is 1.93. The summed E-state index contributed by atoms with van der Waals surface area (Å²) in [5, 5.41) is 2.61. The second-order valence-corrected chi connectivity index (χ2v) is 3.60. The number of amides is 2. The number of anilines is 1. The van der Waals surface area contributed by atoms with E-state index in [2.05, 4.69) is 5.32 Å². The quantitative estimate of drug-likeness (QED) is 0.713. The fourth-order valence-electron chi connectivity index (χ4n) is 1.42. The lowest BCUT2D eigenvalue weighted by molar-refractivity contribution is -0.120. The van der Waals surface area contributed by atoms with Crippen LogP contribution in [0, 0.1) is 0 Å². The summed E-state index contributed by atoms with van der Waals surface area (Å²) in [6.07, 6.45) is -1.57. The van der Waals surface area contributed by atoms with Gasteiger partial charge in [-0.15, -0.1) is 0 Å². The van der Waals surface area contributed by atoms with Crippen molar-refractivity contribution in [3.8, 4) is 5.75 Å². The van der Waals surface area contributed by atoms with Crippen LogP contribution in [-0.4, -0.2) is 31.1 Å². The number of carbonyl (C=O) groups excluding carboxylic acids is 2. The third kappa shape index (κ3) is 2.54. The maximum Gasteiger partial charge on any atom is 0.256 e. The molecule has 2 amide bonds. The van der Waals surface area contributed by atoms with E-state index in [0.717, 1.165) is 0 Å². The van der Waals surface area contributed by atoms with Crippen molar-refractivity contribution in [1.82, 2.24) is 0 Å². The minimum atomic E-state index is -0.798. The van der Waals surface area contributed by atoms with Gasteiger partial charge in [-0.3, -0.25) is 9.59 Å². The highest BCUT2D eigenvalue weighted by Gasteiger charge is 2.49. The minimum Gasteiger partial charge on any atom is -0.497 e. The molecule has 0 aliphatic carbocycles. The molecule has 90 valence electrons. The lowest BCUT2D eigenvalue weighted by Crippen LogP contribution is -2.26. The number of hydrogen-bond donors (Lipinski definition) is 2. The monoisotopic (exact) mass is 236 g/mol. The van der Waals surface area contributed by atoms with Crippen LogP contribution in [0.1, 0.15) is 0 Å². The van der Waals surface area contributed by atoms with Crippen molar-refractivity contribution in [1.29, 1.82) is 0 Å². The van der Waals surface area contributed by atoms with Crippen molar-refractivity contribution >= 4 is 17.5 Å². The average molecular weight is 236 g/mol. The summed E-state index contributed by atoms with van der Waals surface area (Å²) in [6.45, 7) is 0. The Bertz CT molecular complexity index is 443. The summed E-state index contributed by atoms with van der Waals surface area (Å²) in [6, 6.07) is 6.82. The van der Waals surface area contributed by atoms with Crippen molar-refractivity contribution in [2.75, 3.05) is 12.4 Å². The fraction of sp³-hybridized carbons (Fsp3) is 0.273. The van der Waals surface area contributed by atoms with Gasteiger partial charge < -0.3 is 20.5 Å². The van der Waals surface area contributed by atoms with Gasteiger partial charge in [0, 0.05) is 5.69 Å². The largest absolute Gasteiger partial charge is 0.497 e. The molecular weight excluding hydrogens is 224 g/mol. The van der Waals surface area contributed by atoms with Crippen LogP contribution in [0.15, 0.2) is 24.3 Å². The highest BCUT2D eigenvalue weighted by Crippen LogP contribution is 2.23. The molecule has 1 aromatic rings. The molecule has 0 radical (unpaired) electrons. The summed E-state index contributed by atoms with van der Waals surface area (Å²) in [5.41, 5.74) is 5.60. The van der Waals surface area contributed by atoms with Gasteiger partial charge in [-0.05, 0) is 24.3 Å². The first-order valence-electron chi connectivity index (χ1n) is 5.01. The number of primary amides is 1. The predicted octanol–water partition coefficient (Wildman–Crippen LogP) is -0.114. The van der Waals surface area contributed by atoms with E-state index in [1.165, 1.54) is 0 Å². The van der Waals surface area contributed by atoms with Crippen LogP contribution in [0.25, 0.3) is 0 Å². The normalized spacial score (nSPS) is 21.7. The van der Waals surface area contributed by atoms with E-state index in [1.807, 2.05) is 0 Å². The van der Waals surface area contributed by atoms with Crippen LogP contribution in [-0.2, 0) is 14.3 Å². The van der Waals surface area contributed by atoms with Crippen LogP contribution < -0.4 is 15.8 Å². The second kappa shape index (κ2) is 4.42. The summed E-state index contributed by atoms with van der Waals surface area (Å²) in [7, 11) is 1.56. The molecule has 0 bridgehead atoms. The molecular formula is C11H12N2O4. The van der Waals surface area contributed by atoms with Gasteiger partial charge >= 0.3 is 0 Å². The zero-order chi connectivity index (χ0) is 12.4. The summed E-state index contributed by atoms with van der Waals surface area (Å²) in [5.74, 6) is -0.306. The summed E-state index contributed by atoms with van der Waals surface area (Å²) in [4.78, 5) is 22.3. The molecule has 2 unspecified atom stereocenters. The molecule has 2 rings (SSSR count). The Morgan fingerprint density at radius 3 is 2.41 bits per heavy atom. The van der Waals surface area contributed by atoms with Gasteiger partial charge in [-0.2, -0.15) is 0 Å². The molecule has 1 aliphatic rings. The van der Waals surface area contributed by atoms with E-state index in [4.69, 9.17) is 15.2 Å². The molecule has 3 N–H and O–H groups in total. The molecule has 0 aromatic heterocycles. The van der Waals surface area contributed by atoms with Crippen LogP contribution in [0.5, 0.6) is 5.75 Å². The number of carbonyl (C=O) groups is 2. The lowest BCUT2D eigenvalue weighted by Gasteiger charge is -2.04. The Hall–Kier alpha value is -2.08. The van der Waals surface area contributed by atoms with Crippen LogP contribution >= 0.6 is 0 Å². The first-order chi connectivity index (χ1) is 8.11. The molecule has 17 heavy (non-hydrogen) atoms. The van der Waals surface area contributed by atoms with Gasteiger partial charge in [0.1, 0.15) is 5.75 Å². The number of methoxy groups -OCH3 is 1. The zero-order valence-corrected chi connectivity index (χ0v) is 9.17. The molecule has 0 spiro atoms. The van der Waals surface area contributed by atoms with Crippen molar-refractivity contribution < 1.29 is 19.1 Å². The van der Waals surface area contributed by atoms with Gasteiger partial charge in [-0.25, -0.2) is 0 Å². The number of hydrogen-bond acceptors (Lipinski definition) is 4. The Kier molecular flexibility index (Phi) is 2.97. The SMILES string of the molecule is COc1ccc(NC(=O)C2OC2C(N)=O)cc1. The van der Waals surface area contributed by atoms with Crippen molar-refractivity contribution in [3.63, 3.8) is 0 Å². The molecule has 1 fully saturated rings. The van der Waals surface area contributed by atoms with Crippen molar-refractivity contribution in [2.45, 2.75) is 12.2 Å². The van der Waals surface area contributed by atoms with E-state index in [0.29, 0.717) is 11.4 Å². The van der Waals surface area contributed by atoms with Gasteiger partial charge in [0.2, 0.25) is 5.91 Å². The standard InChI is InChI=1S/C11H12N2O4/c1-16-7-4-2-6(3-5-7)13-11(15)9-8(17-9)10(12)14/h2-5,8-9H,1H3,(H2,12,14)(H,13,15). The highest BCUT2D eigenvalue weighted by molar-refractivity contribution is 6.01. The zero-order valence-electron chi connectivity index (χ0n) is 9.17. The highest BCUT2D eigenvalue weighted by atomic mass is 16.6. The molecule has 0 saturated carbocycles. The van der Waals surface area contributed by atoms with E-state index in [-0.39, 0.29) is 5.91 Å². The molecule has 6 heteroatoms. The third-order valence-corrected chi connectivity index (χ3v) is 2.39. The fourth-order valence-corrected chi connectivity index (χ4v) is 1.42. The molecule has 1 saturated heterocycles. The number of rotatable bonds is 4. The van der Waals surface area contributed by atoms with E-state index in [9.17, 15) is 9.59 Å². The Morgan fingerprint density at radius 2 is 1.94 bits per heavy atom.